The predicted octanol–water partition coefficient (Wildman–Crippen LogP) is 2.73. The lowest BCUT2D eigenvalue weighted by atomic mass is 9.75. The molecule has 4 heterocycles. The van der Waals surface area contributed by atoms with E-state index < -0.39 is 0 Å². The van der Waals surface area contributed by atoms with Gasteiger partial charge in [-0.25, -0.2) is 9.97 Å². The molecular formula is C19H23ClN6OS. The van der Waals surface area contributed by atoms with E-state index in [1.165, 1.54) is 0 Å². The van der Waals surface area contributed by atoms with Crippen molar-refractivity contribution >= 4 is 42.1 Å². The van der Waals surface area contributed by atoms with Gasteiger partial charge in [-0.05, 0) is 18.9 Å². The number of halogens is 1. The van der Waals surface area contributed by atoms with Crippen LogP contribution >= 0.6 is 25.1 Å². The average molecular weight is 419 g/mol. The third-order valence-electron chi connectivity index (χ3n) is 5.95. The first-order valence-corrected chi connectivity index (χ1v) is 9.58. The lowest BCUT2D eigenvalue weighted by molar-refractivity contribution is 0.131. The number of nitrogens with two attached hydrogens (primary N) is 1. The molecule has 28 heavy (non-hydrogen) atoms. The number of aromatic nitrogens is 4. The second-order valence-corrected chi connectivity index (χ2v) is 7.86. The number of rotatable bonds is 2. The molecule has 2 aromatic heterocycles. The minimum absolute atomic E-state index is 0. The Hall–Kier alpha value is -1.87. The van der Waals surface area contributed by atoms with Crippen molar-refractivity contribution in [2.75, 3.05) is 31.2 Å². The van der Waals surface area contributed by atoms with Gasteiger partial charge in [-0.15, -0.1) is 0 Å². The molecule has 0 aliphatic carbocycles. The van der Waals surface area contributed by atoms with E-state index in [2.05, 4.69) is 20.1 Å². The zero-order chi connectivity index (χ0) is 18.4. The van der Waals surface area contributed by atoms with Crippen LogP contribution in [0.25, 0.3) is 22.4 Å². The van der Waals surface area contributed by atoms with Crippen LogP contribution in [0.2, 0.25) is 5.02 Å². The first-order valence-electron chi connectivity index (χ1n) is 9.21. The molecule has 1 atom stereocenters. The molecule has 3 N–H and O–H groups in total. The Morgan fingerprint density at radius 1 is 1.25 bits per heavy atom. The number of hydrogen-bond acceptors (Lipinski definition) is 6. The fraction of sp³-hybridized carbons (Fsp3) is 0.421. The highest BCUT2D eigenvalue weighted by Gasteiger charge is 2.44. The molecule has 2 aliphatic rings. The summed E-state index contributed by atoms with van der Waals surface area (Å²) in [4.78, 5) is 11.6. The molecule has 1 spiro atoms. The molecular weight excluding hydrogens is 396 g/mol. The van der Waals surface area contributed by atoms with E-state index >= 15 is 0 Å². The highest BCUT2D eigenvalue weighted by atomic mass is 35.5. The minimum Gasteiger partial charge on any atom is -0.379 e. The Morgan fingerprint density at radius 3 is 2.75 bits per heavy atom. The van der Waals surface area contributed by atoms with E-state index in [1.807, 2.05) is 30.5 Å². The molecule has 2 fully saturated rings. The summed E-state index contributed by atoms with van der Waals surface area (Å²) in [5, 5.41) is 8.04. The summed E-state index contributed by atoms with van der Waals surface area (Å²) in [6.07, 6.45) is 3.85. The summed E-state index contributed by atoms with van der Waals surface area (Å²) in [6, 6.07) is 7.78. The molecule has 0 amide bonds. The van der Waals surface area contributed by atoms with Gasteiger partial charge in [0.1, 0.15) is 11.3 Å². The van der Waals surface area contributed by atoms with Gasteiger partial charge >= 0.3 is 0 Å². The molecule has 0 bridgehead atoms. The number of nitrogens with zero attached hydrogens (tertiary/aromatic N) is 4. The highest BCUT2D eigenvalue weighted by Crippen LogP contribution is 2.39. The Labute approximate surface area is 175 Å². The van der Waals surface area contributed by atoms with Gasteiger partial charge in [0.05, 0.1) is 30.1 Å². The maximum atomic E-state index is 6.32. The standard InChI is InChI=1S/C19H21ClN6O.H2S/c20-13-4-2-1-3-12(13)16-17-18(25-24-16)23-15(9-22-17)26-7-5-19(6-8-26)11-27-10-14(19)21;/h1-4,9,14H,5-8,10-11,21H2,(H,23,24,25);1H2/t14-;/m1./s1. The second kappa shape index (κ2) is 7.51. The smallest absolute Gasteiger partial charge is 0.202 e. The number of nitrogens with one attached hydrogen (secondary N) is 1. The number of fused-ring (bicyclic) bond motifs is 1. The Kier molecular flexibility index (Phi) is 5.22. The van der Waals surface area contributed by atoms with Crippen molar-refractivity contribution in [2.45, 2.75) is 18.9 Å². The predicted molar refractivity (Wildman–Crippen MR) is 115 cm³/mol. The van der Waals surface area contributed by atoms with Crippen LogP contribution in [0.1, 0.15) is 12.8 Å². The third-order valence-corrected chi connectivity index (χ3v) is 6.28. The van der Waals surface area contributed by atoms with Crippen molar-refractivity contribution in [3.63, 3.8) is 0 Å². The number of H-pyrrole nitrogens is 1. The van der Waals surface area contributed by atoms with Crippen LogP contribution in [0, 0.1) is 5.41 Å². The topological polar surface area (TPSA) is 93.0 Å². The van der Waals surface area contributed by atoms with E-state index in [9.17, 15) is 0 Å². The Morgan fingerprint density at radius 2 is 2.04 bits per heavy atom. The summed E-state index contributed by atoms with van der Waals surface area (Å²) in [7, 11) is 0. The number of benzene rings is 1. The van der Waals surface area contributed by atoms with Gasteiger partial charge in [-0.1, -0.05) is 29.8 Å². The number of anilines is 1. The van der Waals surface area contributed by atoms with Crippen LogP contribution in [0.15, 0.2) is 30.5 Å². The summed E-state index contributed by atoms with van der Waals surface area (Å²) >= 11 is 6.32. The van der Waals surface area contributed by atoms with E-state index in [4.69, 9.17) is 27.1 Å². The van der Waals surface area contributed by atoms with Crippen molar-refractivity contribution in [2.24, 2.45) is 11.1 Å². The molecule has 2 aliphatic heterocycles. The number of piperidine rings is 1. The molecule has 9 heteroatoms. The molecule has 5 rings (SSSR count). The average Bonchev–Trinajstić information content (AvgIpc) is 3.26. The zero-order valence-electron chi connectivity index (χ0n) is 15.4. The second-order valence-electron chi connectivity index (χ2n) is 7.45. The van der Waals surface area contributed by atoms with Crippen LogP contribution in [-0.4, -0.2) is 52.5 Å². The van der Waals surface area contributed by atoms with Gasteiger partial charge in [0.15, 0.2) is 0 Å². The van der Waals surface area contributed by atoms with Crippen LogP contribution in [0.5, 0.6) is 0 Å². The fourth-order valence-corrected chi connectivity index (χ4v) is 4.39. The van der Waals surface area contributed by atoms with Crippen LogP contribution < -0.4 is 10.6 Å². The SMILES string of the molecule is N[C@@H]1COCC12CCN(c1cnc3c(-c4ccccc4Cl)[nH]nc3n1)CC2.S. The molecule has 148 valence electrons. The molecule has 0 unspecified atom stereocenters. The maximum Gasteiger partial charge on any atom is 0.202 e. The summed E-state index contributed by atoms with van der Waals surface area (Å²) in [5.74, 6) is 0.849. The van der Waals surface area contributed by atoms with Crippen molar-refractivity contribution in [3.05, 3.63) is 35.5 Å². The van der Waals surface area contributed by atoms with Crippen molar-refractivity contribution < 1.29 is 4.74 Å². The van der Waals surface area contributed by atoms with Gasteiger partial charge in [0, 0.05) is 30.1 Å². The van der Waals surface area contributed by atoms with Crippen molar-refractivity contribution in [1.29, 1.82) is 0 Å². The van der Waals surface area contributed by atoms with Crippen molar-refractivity contribution in [1.82, 2.24) is 20.2 Å². The normalized spacial score (nSPS) is 21.2. The summed E-state index contributed by atoms with van der Waals surface area (Å²) in [6.45, 7) is 3.25. The lowest BCUT2D eigenvalue weighted by Gasteiger charge is -2.41. The minimum atomic E-state index is 0. The maximum absolute atomic E-state index is 6.32. The molecule has 3 aromatic rings. The van der Waals surface area contributed by atoms with Gasteiger partial charge < -0.3 is 15.4 Å². The molecule has 2 saturated heterocycles. The van der Waals surface area contributed by atoms with Crippen molar-refractivity contribution in [3.8, 4) is 11.3 Å². The largest absolute Gasteiger partial charge is 0.379 e. The van der Waals surface area contributed by atoms with E-state index in [1.54, 1.807) is 0 Å². The first kappa shape index (κ1) is 19.4. The van der Waals surface area contributed by atoms with Gasteiger partial charge in [-0.2, -0.15) is 18.6 Å². The molecule has 0 saturated carbocycles. The van der Waals surface area contributed by atoms with E-state index in [0.717, 1.165) is 55.1 Å². The molecule has 1 aromatic carbocycles. The molecule has 7 nitrogen and oxygen atoms in total. The van der Waals surface area contributed by atoms with Crippen LogP contribution in [0.3, 0.4) is 0 Å². The monoisotopic (exact) mass is 418 g/mol. The third kappa shape index (κ3) is 3.14. The molecule has 0 radical (unpaired) electrons. The number of aromatic amines is 1. The highest BCUT2D eigenvalue weighted by molar-refractivity contribution is 7.59. The summed E-state index contributed by atoms with van der Waals surface area (Å²) in [5.41, 5.74) is 9.40. The van der Waals surface area contributed by atoms with Crippen LogP contribution in [0.4, 0.5) is 5.82 Å². The quantitative estimate of drug-likeness (QED) is 0.664. The van der Waals surface area contributed by atoms with Gasteiger partial charge in [-0.3, -0.25) is 5.10 Å². The fourth-order valence-electron chi connectivity index (χ4n) is 4.16. The zero-order valence-corrected chi connectivity index (χ0v) is 17.1. The van der Waals surface area contributed by atoms with Gasteiger partial charge in [0.2, 0.25) is 5.65 Å². The summed E-state index contributed by atoms with van der Waals surface area (Å²) < 4.78 is 5.61. The van der Waals surface area contributed by atoms with Gasteiger partial charge in [0.25, 0.3) is 0 Å². The van der Waals surface area contributed by atoms with Crippen LogP contribution in [-0.2, 0) is 4.74 Å². The van der Waals surface area contributed by atoms with E-state index in [-0.39, 0.29) is 25.0 Å². The van der Waals surface area contributed by atoms with E-state index in [0.29, 0.717) is 17.3 Å². The Bertz CT molecular complexity index is 987. The lowest BCUT2D eigenvalue weighted by Crippen LogP contribution is -2.49. The first-order chi connectivity index (χ1) is 13.2. The Balaban J connectivity index is 0.00000192. The number of ether oxygens (including phenoxy) is 1. The number of hydrogen-bond donors (Lipinski definition) is 2.